The van der Waals surface area contributed by atoms with Gasteiger partial charge in [-0.05, 0) is 69.2 Å². The Balaban J connectivity index is 1.55. The largest absolute Gasteiger partial charge is 0.329 e. The van der Waals surface area contributed by atoms with Crippen molar-refractivity contribution in [3.05, 3.63) is 92.4 Å². The number of hydrogen-bond donors (Lipinski definition) is 2. The van der Waals surface area contributed by atoms with Gasteiger partial charge in [0.15, 0.2) is 0 Å². The number of rotatable bonds is 6. The van der Waals surface area contributed by atoms with E-state index in [2.05, 4.69) is 10.6 Å². The molecule has 36 heavy (non-hydrogen) atoms. The van der Waals surface area contributed by atoms with Crippen LogP contribution in [0.5, 0.6) is 0 Å². The second kappa shape index (κ2) is 9.49. The number of anilines is 1. The van der Waals surface area contributed by atoms with Crippen molar-refractivity contribution < 1.29 is 19.3 Å². The number of benzene rings is 2. The molecule has 10 nitrogen and oxygen atoms in total. The average Bonchev–Trinajstić information content (AvgIpc) is 3.24. The molecule has 0 radical (unpaired) electrons. The van der Waals surface area contributed by atoms with Crippen molar-refractivity contribution in [1.29, 1.82) is 0 Å². The zero-order valence-corrected chi connectivity index (χ0v) is 20.3. The number of nitro groups is 1. The molecule has 3 aromatic rings. The molecule has 1 aromatic heterocycles. The van der Waals surface area contributed by atoms with Gasteiger partial charge in [-0.15, -0.1) is 0 Å². The first-order valence-electron chi connectivity index (χ1n) is 11.2. The van der Waals surface area contributed by atoms with Crippen molar-refractivity contribution in [2.24, 2.45) is 0 Å². The predicted octanol–water partition coefficient (Wildman–Crippen LogP) is 4.15. The summed E-state index contributed by atoms with van der Waals surface area (Å²) in [6.07, 6.45) is 1.57. The Hall–Kier alpha value is -4.73. The Morgan fingerprint density at radius 2 is 1.75 bits per heavy atom. The van der Waals surface area contributed by atoms with Gasteiger partial charge in [-0.3, -0.25) is 19.7 Å². The lowest BCUT2D eigenvalue weighted by atomic mass is 10.1. The normalized spacial score (nSPS) is 14.3. The summed E-state index contributed by atoms with van der Waals surface area (Å²) in [5.41, 5.74) is 5.51. The molecule has 2 aromatic carbocycles. The summed E-state index contributed by atoms with van der Waals surface area (Å²) in [5, 5.41) is 16.3. The van der Waals surface area contributed by atoms with E-state index in [1.807, 2.05) is 43.5 Å². The number of hydrogen-bond acceptors (Lipinski definition) is 5. The van der Waals surface area contributed by atoms with Crippen LogP contribution in [-0.2, 0) is 9.59 Å². The van der Waals surface area contributed by atoms with Gasteiger partial charge < -0.3 is 15.2 Å². The number of urea groups is 1. The van der Waals surface area contributed by atoms with Crippen LogP contribution in [0.15, 0.2) is 54.2 Å². The standard InChI is InChI=1S/C26H25N5O5/c1-15-5-7-20(8-6-15)27-24(32)14-29-25(33)22(28-26(29)34)13-19-12-17(3)30(18(19)4)23-10-9-21(31(35)36)11-16(23)2/h5-13H,14H2,1-4H3,(H,27,32)(H,28,34)/b22-13+. The second-order valence-corrected chi connectivity index (χ2v) is 8.68. The maximum Gasteiger partial charge on any atom is 0.329 e. The van der Waals surface area contributed by atoms with E-state index in [-0.39, 0.29) is 11.4 Å². The molecule has 1 aliphatic rings. The van der Waals surface area contributed by atoms with Crippen LogP contribution >= 0.6 is 0 Å². The van der Waals surface area contributed by atoms with Crippen molar-refractivity contribution in [3.63, 3.8) is 0 Å². The lowest BCUT2D eigenvalue weighted by molar-refractivity contribution is -0.384. The molecule has 4 amide bonds. The molecule has 1 fully saturated rings. The fraction of sp³-hybridized carbons (Fsp3) is 0.192. The van der Waals surface area contributed by atoms with E-state index >= 15 is 0 Å². The van der Waals surface area contributed by atoms with Gasteiger partial charge in [0.1, 0.15) is 12.2 Å². The van der Waals surface area contributed by atoms with Crippen molar-refractivity contribution in [1.82, 2.24) is 14.8 Å². The fourth-order valence-corrected chi connectivity index (χ4v) is 4.16. The molecule has 0 spiro atoms. The molecule has 1 saturated heterocycles. The molecule has 0 saturated carbocycles. The number of aromatic nitrogens is 1. The minimum Gasteiger partial charge on any atom is -0.325 e. The Morgan fingerprint density at radius 1 is 1.06 bits per heavy atom. The number of aryl methyl sites for hydroxylation is 3. The number of carbonyl (C=O) groups excluding carboxylic acids is 3. The SMILES string of the molecule is Cc1ccc(NC(=O)CN2C(=O)N/C(=C/c3cc(C)n(-c4ccc([N+](=O)[O-])cc4C)c3C)C2=O)cc1. The molecule has 0 atom stereocenters. The van der Waals surface area contributed by atoms with Gasteiger partial charge in [0.25, 0.3) is 11.6 Å². The van der Waals surface area contributed by atoms with Gasteiger partial charge in [0.05, 0.1) is 4.92 Å². The summed E-state index contributed by atoms with van der Waals surface area (Å²) in [6.45, 7) is 7.04. The quantitative estimate of drug-likeness (QED) is 0.234. The smallest absolute Gasteiger partial charge is 0.325 e. The van der Waals surface area contributed by atoms with Gasteiger partial charge in [-0.2, -0.15) is 0 Å². The van der Waals surface area contributed by atoms with E-state index in [0.717, 1.165) is 33.1 Å². The van der Waals surface area contributed by atoms with Crippen LogP contribution in [0.2, 0.25) is 0 Å². The average molecular weight is 488 g/mol. The summed E-state index contributed by atoms with van der Waals surface area (Å²) in [7, 11) is 0. The van der Waals surface area contributed by atoms with E-state index in [0.29, 0.717) is 11.3 Å². The monoisotopic (exact) mass is 487 g/mol. The number of imide groups is 1. The zero-order chi connectivity index (χ0) is 26.1. The summed E-state index contributed by atoms with van der Waals surface area (Å²) in [6, 6.07) is 13.0. The summed E-state index contributed by atoms with van der Waals surface area (Å²) < 4.78 is 1.93. The molecule has 10 heteroatoms. The van der Waals surface area contributed by atoms with Gasteiger partial charge in [-0.1, -0.05) is 17.7 Å². The molecule has 184 valence electrons. The van der Waals surface area contributed by atoms with E-state index < -0.39 is 29.3 Å². The van der Waals surface area contributed by atoms with E-state index in [4.69, 9.17) is 0 Å². The van der Waals surface area contributed by atoms with Crippen LogP contribution < -0.4 is 10.6 Å². The van der Waals surface area contributed by atoms with Crippen LogP contribution in [-0.4, -0.2) is 38.8 Å². The Kier molecular flexibility index (Phi) is 6.43. The van der Waals surface area contributed by atoms with Crippen LogP contribution in [0.4, 0.5) is 16.2 Å². The molecular weight excluding hydrogens is 462 g/mol. The highest BCUT2D eigenvalue weighted by atomic mass is 16.6. The molecular formula is C26H25N5O5. The van der Waals surface area contributed by atoms with E-state index in [1.165, 1.54) is 12.1 Å². The van der Waals surface area contributed by atoms with Gasteiger partial charge in [-0.25, -0.2) is 9.69 Å². The topological polar surface area (TPSA) is 127 Å². The number of nitrogens with zero attached hydrogens (tertiary/aromatic N) is 3. The first kappa shape index (κ1) is 24.4. The zero-order valence-electron chi connectivity index (χ0n) is 20.3. The third kappa shape index (κ3) is 4.74. The first-order valence-corrected chi connectivity index (χ1v) is 11.2. The summed E-state index contributed by atoms with van der Waals surface area (Å²) in [5.74, 6) is -1.09. The van der Waals surface area contributed by atoms with Crippen LogP contribution in [0.25, 0.3) is 11.8 Å². The first-order chi connectivity index (χ1) is 17.0. The van der Waals surface area contributed by atoms with Gasteiger partial charge in [0.2, 0.25) is 5.91 Å². The highest BCUT2D eigenvalue weighted by molar-refractivity contribution is 6.16. The highest BCUT2D eigenvalue weighted by Crippen LogP contribution is 2.27. The lowest BCUT2D eigenvalue weighted by Gasteiger charge is -2.12. The van der Waals surface area contributed by atoms with E-state index in [1.54, 1.807) is 31.2 Å². The van der Waals surface area contributed by atoms with Gasteiger partial charge >= 0.3 is 6.03 Å². The molecule has 2 N–H and O–H groups in total. The Bertz CT molecular complexity index is 1440. The summed E-state index contributed by atoms with van der Waals surface area (Å²) >= 11 is 0. The minimum absolute atomic E-state index is 0.00632. The highest BCUT2D eigenvalue weighted by Gasteiger charge is 2.35. The van der Waals surface area contributed by atoms with Crippen LogP contribution in [0, 0.1) is 37.8 Å². The van der Waals surface area contributed by atoms with Crippen LogP contribution in [0.1, 0.15) is 28.1 Å². The third-order valence-corrected chi connectivity index (χ3v) is 6.00. The van der Waals surface area contributed by atoms with Crippen molar-refractivity contribution >= 4 is 35.3 Å². The Morgan fingerprint density at radius 3 is 2.39 bits per heavy atom. The molecule has 0 aliphatic carbocycles. The molecule has 0 unspecified atom stereocenters. The van der Waals surface area contributed by atoms with Crippen LogP contribution in [0.3, 0.4) is 0 Å². The number of non-ortho nitro benzene ring substituents is 1. The molecule has 0 bridgehead atoms. The van der Waals surface area contributed by atoms with Crippen molar-refractivity contribution in [2.75, 3.05) is 11.9 Å². The second-order valence-electron chi connectivity index (χ2n) is 8.68. The fourth-order valence-electron chi connectivity index (χ4n) is 4.16. The minimum atomic E-state index is -0.676. The van der Waals surface area contributed by atoms with Crippen molar-refractivity contribution in [2.45, 2.75) is 27.7 Å². The number of amides is 4. The van der Waals surface area contributed by atoms with E-state index in [9.17, 15) is 24.5 Å². The number of carbonyl (C=O) groups is 3. The summed E-state index contributed by atoms with van der Waals surface area (Å²) in [4.78, 5) is 49.3. The van der Waals surface area contributed by atoms with Crippen molar-refractivity contribution in [3.8, 4) is 5.69 Å². The molecule has 4 rings (SSSR count). The number of nitrogens with one attached hydrogen (secondary N) is 2. The molecule has 1 aliphatic heterocycles. The maximum absolute atomic E-state index is 12.9. The number of nitro benzene ring substituents is 1. The predicted molar refractivity (Wildman–Crippen MR) is 135 cm³/mol. The van der Waals surface area contributed by atoms with Gasteiger partial charge in [0, 0.05) is 34.9 Å². The molecule has 2 heterocycles. The third-order valence-electron chi connectivity index (χ3n) is 6.00. The lowest BCUT2D eigenvalue weighted by Crippen LogP contribution is -2.38. The Labute approximate surface area is 207 Å². The maximum atomic E-state index is 12.9.